The van der Waals surface area contributed by atoms with Gasteiger partial charge in [-0.05, 0) is 46.7 Å². The number of aromatic nitrogens is 1. The van der Waals surface area contributed by atoms with Crippen LogP contribution in [0.5, 0.6) is 0 Å². The normalized spacial score (nSPS) is 11.0. The number of para-hydroxylation sites is 1. The third kappa shape index (κ3) is 4.24. The maximum Gasteiger partial charge on any atom is 0.255 e. The number of hydrogen-bond acceptors (Lipinski definition) is 5. The molecule has 0 fully saturated rings. The molecule has 4 aromatic rings. The summed E-state index contributed by atoms with van der Waals surface area (Å²) in [6.07, 6.45) is 0. The van der Waals surface area contributed by atoms with Crippen molar-refractivity contribution in [3.05, 3.63) is 81.5 Å². The van der Waals surface area contributed by atoms with E-state index < -0.39 is 0 Å². The van der Waals surface area contributed by atoms with Crippen LogP contribution in [0.1, 0.15) is 20.9 Å². The highest BCUT2D eigenvalue weighted by atomic mass is 32.2. The highest BCUT2D eigenvalue weighted by molar-refractivity contribution is 7.98. The molecule has 0 saturated heterocycles. The van der Waals surface area contributed by atoms with Gasteiger partial charge in [0.15, 0.2) is 0 Å². The Morgan fingerprint density at radius 3 is 2.74 bits per heavy atom. The first kappa shape index (κ1) is 18.2. The number of hydrogen-bond donors (Lipinski definition) is 0. The van der Waals surface area contributed by atoms with Crippen molar-refractivity contribution in [2.45, 2.75) is 17.2 Å². The molecular formula is C21H18N2OS3. The smallest absolute Gasteiger partial charge is 0.255 e. The summed E-state index contributed by atoms with van der Waals surface area (Å²) in [5, 5.41) is 5.19. The number of rotatable bonds is 6. The fraction of sp³-hybridized carbons (Fsp3) is 0.143. The second-order valence-corrected chi connectivity index (χ2v) is 9.07. The minimum atomic E-state index is 0.0303. The summed E-state index contributed by atoms with van der Waals surface area (Å²) >= 11 is 5.05. The first-order valence-corrected chi connectivity index (χ1v) is 11.3. The lowest BCUT2D eigenvalue weighted by atomic mass is 10.2. The van der Waals surface area contributed by atoms with Crippen LogP contribution in [0.25, 0.3) is 10.2 Å². The summed E-state index contributed by atoms with van der Waals surface area (Å²) in [4.78, 5) is 20.4. The van der Waals surface area contributed by atoms with E-state index in [-0.39, 0.29) is 5.91 Å². The van der Waals surface area contributed by atoms with Crippen LogP contribution in [-0.2, 0) is 12.3 Å². The molecule has 0 saturated carbocycles. The van der Waals surface area contributed by atoms with E-state index in [1.807, 2.05) is 49.5 Å². The second kappa shape index (κ2) is 8.25. The summed E-state index contributed by atoms with van der Waals surface area (Å²) in [7, 11) is 1.84. The van der Waals surface area contributed by atoms with Crippen molar-refractivity contribution in [1.82, 2.24) is 9.88 Å². The summed E-state index contributed by atoms with van der Waals surface area (Å²) in [6.45, 7) is 0.516. The van der Waals surface area contributed by atoms with Crippen molar-refractivity contribution in [2.24, 2.45) is 0 Å². The van der Waals surface area contributed by atoms with Crippen LogP contribution in [-0.4, -0.2) is 22.8 Å². The van der Waals surface area contributed by atoms with E-state index in [4.69, 9.17) is 0 Å². The standard InChI is InChI=1S/C21H18N2OS3/c1-23(12-20-22-17-7-3-5-9-19(17)27-20)21(24)16-6-2-4-8-18(16)26-14-15-10-11-25-13-15/h2-11,13H,12,14H2,1H3. The van der Waals surface area contributed by atoms with Gasteiger partial charge in [-0.1, -0.05) is 24.3 Å². The monoisotopic (exact) mass is 410 g/mol. The lowest BCUT2D eigenvalue weighted by Gasteiger charge is -2.17. The van der Waals surface area contributed by atoms with Gasteiger partial charge in [0, 0.05) is 17.7 Å². The summed E-state index contributed by atoms with van der Waals surface area (Å²) in [5.74, 6) is 0.901. The maximum absolute atomic E-state index is 13.0. The number of carbonyl (C=O) groups excluding carboxylic acids is 1. The molecule has 0 aliphatic carbocycles. The van der Waals surface area contributed by atoms with Crippen molar-refractivity contribution in [3.8, 4) is 0 Å². The highest BCUT2D eigenvalue weighted by Crippen LogP contribution is 2.28. The first-order chi connectivity index (χ1) is 13.2. The van der Waals surface area contributed by atoms with E-state index in [0.29, 0.717) is 6.54 Å². The van der Waals surface area contributed by atoms with Gasteiger partial charge < -0.3 is 4.90 Å². The van der Waals surface area contributed by atoms with Crippen molar-refractivity contribution in [3.63, 3.8) is 0 Å². The van der Waals surface area contributed by atoms with E-state index >= 15 is 0 Å². The molecule has 0 bridgehead atoms. The predicted octanol–water partition coefficient (Wildman–Crippen LogP) is 5.92. The lowest BCUT2D eigenvalue weighted by Crippen LogP contribution is -2.26. The van der Waals surface area contributed by atoms with E-state index in [1.54, 1.807) is 39.3 Å². The zero-order chi connectivity index (χ0) is 18.6. The molecule has 0 radical (unpaired) electrons. The van der Waals surface area contributed by atoms with Crippen molar-refractivity contribution >= 4 is 50.6 Å². The summed E-state index contributed by atoms with van der Waals surface area (Å²) in [6, 6.07) is 18.0. The van der Waals surface area contributed by atoms with E-state index in [1.165, 1.54) is 5.56 Å². The Kier molecular flexibility index (Phi) is 5.57. The van der Waals surface area contributed by atoms with Gasteiger partial charge in [0.05, 0.1) is 22.3 Å². The number of thioether (sulfide) groups is 1. The maximum atomic E-state index is 13.0. The number of amides is 1. The molecule has 0 N–H and O–H groups in total. The van der Waals surface area contributed by atoms with E-state index in [0.717, 1.165) is 31.4 Å². The number of thiophene rings is 1. The Hall–Kier alpha value is -2.15. The second-order valence-electron chi connectivity index (χ2n) is 6.15. The number of nitrogens with zero attached hydrogens (tertiary/aromatic N) is 2. The molecule has 2 aromatic heterocycles. The van der Waals surface area contributed by atoms with Crippen LogP contribution < -0.4 is 0 Å². The topological polar surface area (TPSA) is 33.2 Å². The van der Waals surface area contributed by atoms with Crippen molar-refractivity contribution in [1.29, 1.82) is 0 Å². The van der Waals surface area contributed by atoms with Gasteiger partial charge in [-0.15, -0.1) is 23.1 Å². The van der Waals surface area contributed by atoms with Crippen molar-refractivity contribution < 1.29 is 4.79 Å². The van der Waals surface area contributed by atoms with Crippen LogP contribution in [0.15, 0.2) is 70.3 Å². The molecule has 2 heterocycles. The van der Waals surface area contributed by atoms with E-state index in [2.05, 4.69) is 27.9 Å². The highest BCUT2D eigenvalue weighted by Gasteiger charge is 2.17. The predicted molar refractivity (Wildman–Crippen MR) is 116 cm³/mol. The van der Waals surface area contributed by atoms with Crippen LogP contribution in [0, 0.1) is 0 Å². The van der Waals surface area contributed by atoms with Gasteiger partial charge in [-0.2, -0.15) is 11.3 Å². The largest absolute Gasteiger partial charge is 0.335 e. The number of fused-ring (bicyclic) bond motifs is 1. The molecule has 1 amide bonds. The minimum absolute atomic E-state index is 0.0303. The number of carbonyl (C=O) groups is 1. The lowest BCUT2D eigenvalue weighted by molar-refractivity contribution is 0.0781. The molecule has 6 heteroatoms. The molecule has 4 rings (SSSR count). The summed E-state index contributed by atoms with van der Waals surface area (Å²) in [5.41, 5.74) is 3.03. The number of thiazole rings is 1. The molecule has 3 nitrogen and oxygen atoms in total. The Morgan fingerprint density at radius 2 is 1.93 bits per heavy atom. The first-order valence-electron chi connectivity index (χ1n) is 8.53. The quantitative estimate of drug-likeness (QED) is 0.370. The van der Waals surface area contributed by atoms with Gasteiger partial charge in [-0.3, -0.25) is 4.79 Å². The molecule has 0 aliphatic rings. The molecule has 2 aromatic carbocycles. The Morgan fingerprint density at radius 1 is 1.11 bits per heavy atom. The van der Waals surface area contributed by atoms with Crippen LogP contribution >= 0.6 is 34.4 Å². The molecular weight excluding hydrogens is 392 g/mol. The average Bonchev–Trinajstić information content (AvgIpc) is 3.35. The molecule has 136 valence electrons. The van der Waals surface area contributed by atoms with Crippen LogP contribution in [0.3, 0.4) is 0 Å². The Bertz CT molecular complexity index is 1020. The van der Waals surface area contributed by atoms with Crippen LogP contribution in [0.4, 0.5) is 0 Å². The van der Waals surface area contributed by atoms with Gasteiger partial charge in [0.2, 0.25) is 0 Å². The molecule has 0 atom stereocenters. The third-order valence-corrected chi connectivity index (χ3v) is 7.05. The molecule has 0 spiro atoms. The third-order valence-electron chi connectivity index (χ3n) is 4.15. The zero-order valence-corrected chi connectivity index (χ0v) is 17.2. The van der Waals surface area contributed by atoms with Gasteiger partial charge in [0.1, 0.15) is 5.01 Å². The SMILES string of the molecule is CN(Cc1nc2ccccc2s1)C(=O)c1ccccc1SCc1ccsc1. The van der Waals surface area contributed by atoms with E-state index in [9.17, 15) is 4.79 Å². The Balaban J connectivity index is 1.49. The zero-order valence-electron chi connectivity index (χ0n) is 14.8. The van der Waals surface area contributed by atoms with Crippen molar-refractivity contribution in [2.75, 3.05) is 7.05 Å². The molecule has 0 unspecified atom stereocenters. The Labute approximate surface area is 170 Å². The summed E-state index contributed by atoms with van der Waals surface area (Å²) < 4.78 is 1.15. The molecule has 0 aliphatic heterocycles. The van der Waals surface area contributed by atoms with Gasteiger partial charge in [-0.25, -0.2) is 4.98 Å². The van der Waals surface area contributed by atoms with Gasteiger partial charge in [0.25, 0.3) is 5.91 Å². The molecule has 27 heavy (non-hydrogen) atoms. The average molecular weight is 411 g/mol. The van der Waals surface area contributed by atoms with Crippen LogP contribution in [0.2, 0.25) is 0 Å². The fourth-order valence-electron chi connectivity index (χ4n) is 2.77. The fourth-order valence-corrected chi connectivity index (χ4v) is 5.56. The van der Waals surface area contributed by atoms with Gasteiger partial charge >= 0.3 is 0 Å². The number of benzene rings is 2. The minimum Gasteiger partial charge on any atom is -0.335 e.